The molecule has 0 aliphatic carbocycles. The lowest BCUT2D eigenvalue weighted by atomic mass is 10.1. The van der Waals surface area contributed by atoms with Crippen LogP contribution in [0.15, 0.2) is 18.2 Å². The first-order valence-electron chi connectivity index (χ1n) is 7.41. The van der Waals surface area contributed by atoms with Crippen LogP contribution in [0.3, 0.4) is 0 Å². The summed E-state index contributed by atoms with van der Waals surface area (Å²) >= 11 is 6.01. The molecule has 0 amide bonds. The molecule has 0 aliphatic rings. The lowest BCUT2D eigenvalue weighted by Gasteiger charge is -2.30. The Morgan fingerprint density at radius 2 is 1.88 bits per heavy atom. The highest BCUT2D eigenvalue weighted by Crippen LogP contribution is 2.32. The third-order valence-corrected chi connectivity index (χ3v) is 3.81. The molecule has 0 fully saturated rings. The van der Waals surface area contributed by atoms with Crippen molar-refractivity contribution in [3.8, 4) is 0 Å². The maximum atomic E-state index is 12.2. The number of benzene rings is 1. The number of hydrogen-bond acceptors (Lipinski definition) is 7. The first-order chi connectivity index (χ1) is 11.4. The Hall–Kier alpha value is -2.41. The summed E-state index contributed by atoms with van der Waals surface area (Å²) in [7, 11) is 3.03. The number of nitrogens with one attached hydrogen (secondary N) is 1. The lowest BCUT2D eigenvalue weighted by Crippen LogP contribution is -2.38. The van der Waals surface area contributed by atoms with Gasteiger partial charge in [0.25, 0.3) is 0 Å². The number of hydrogen-bond donors (Lipinski definition) is 1. The molecule has 2 aromatic rings. The highest BCUT2D eigenvalue weighted by Gasteiger charge is 2.29. The molecule has 0 aliphatic heterocycles. The molecule has 128 valence electrons. The average Bonchev–Trinajstić information content (AvgIpc) is 2.56. The number of carbonyl (C=O) groups is 1. The van der Waals surface area contributed by atoms with Crippen molar-refractivity contribution in [1.82, 2.24) is 15.0 Å². The molecule has 8 heteroatoms. The van der Waals surface area contributed by atoms with E-state index in [1.54, 1.807) is 18.9 Å². The molecule has 0 spiro atoms. The van der Waals surface area contributed by atoms with Gasteiger partial charge in [-0.25, -0.2) is 4.79 Å². The Morgan fingerprint density at radius 1 is 1.25 bits per heavy atom. The van der Waals surface area contributed by atoms with E-state index in [4.69, 9.17) is 16.3 Å². The van der Waals surface area contributed by atoms with Crippen molar-refractivity contribution in [1.29, 1.82) is 0 Å². The van der Waals surface area contributed by atoms with Crippen LogP contribution in [0, 0.1) is 13.8 Å². The van der Waals surface area contributed by atoms with Crippen molar-refractivity contribution in [2.75, 3.05) is 24.4 Å². The minimum atomic E-state index is -0.641. The van der Waals surface area contributed by atoms with Crippen molar-refractivity contribution in [2.45, 2.75) is 26.8 Å². The number of halogens is 1. The second-order valence-corrected chi connectivity index (χ2v) is 5.63. The monoisotopic (exact) mass is 349 g/mol. The Labute approximate surface area is 146 Å². The Kier molecular flexibility index (Phi) is 5.56. The van der Waals surface area contributed by atoms with Gasteiger partial charge in [-0.15, -0.1) is 0 Å². The Balaban J connectivity index is 2.68. The number of carbonyl (C=O) groups excluding carboxylic acids is 1. The number of aryl methyl sites for hydroxylation is 2. The number of aromatic nitrogens is 3. The number of para-hydroxylation sites is 1. The van der Waals surface area contributed by atoms with Crippen molar-refractivity contribution in [2.24, 2.45) is 0 Å². The fourth-order valence-electron chi connectivity index (χ4n) is 2.49. The minimum Gasteiger partial charge on any atom is -0.467 e. The Bertz CT molecular complexity index is 733. The zero-order chi connectivity index (χ0) is 17.9. The smallest absolute Gasteiger partial charge is 0.328 e. The van der Waals surface area contributed by atoms with Gasteiger partial charge in [0.2, 0.25) is 17.2 Å². The van der Waals surface area contributed by atoms with E-state index < -0.39 is 12.0 Å². The van der Waals surface area contributed by atoms with Gasteiger partial charge in [-0.3, -0.25) is 4.90 Å². The fraction of sp³-hybridized carbons (Fsp3) is 0.375. The van der Waals surface area contributed by atoms with Crippen LogP contribution >= 0.6 is 11.6 Å². The predicted molar refractivity (Wildman–Crippen MR) is 93.9 cm³/mol. The quantitative estimate of drug-likeness (QED) is 0.831. The molecular formula is C16H20ClN5O2. The van der Waals surface area contributed by atoms with Crippen LogP contribution in [-0.4, -0.2) is 41.1 Å². The van der Waals surface area contributed by atoms with Crippen molar-refractivity contribution in [3.63, 3.8) is 0 Å². The highest BCUT2D eigenvalue weighted by molar-refractivity contribution is 6.28. The second-order valence-electron chi connectivity index (χ2n) is 5.29. The molecule has 0 saturated carbocycles. The van der Waals surface area contributed by atoms with Crippen LogP contribution in [0.4, 0.5) is 17.6 Å². The molecule has 1 aromatic carbocycles. The third-order valence-electron chi connectivity index (χ3n) is 3.65. The number of anilines is 3. The summed E-state index contributed by atoms with van der Waals surface area (Å²) in [6.45, 7) is 5.65. The van der Waals surface area contributed by atoms with Crippen LogP contribution in [0.25, 0.3) is 0 Å². The van der Waals surface area contributed by atoms with Crippen LogP contribution in [0.2, 0.25) is 5.28 Å². The molecule has 0 saturated heterocycles. The van der Waals surface area contributed by atoms with Crippen LogP contribution in [-0.2, 0) is 9.53 Å². The lowest BCUT2D eigenvalue weighted by molar-refractivity contribution is -0.141. The molecule has 0 radical (unpaired) electrons. The summed E-state index contributed by atoms with van der Waals surface area (Å²) in [6, 6.07) is 5.23. The van der Waals surface area contributed by atoms with E-state index in [0.717, 1.165) is 16.8 Å². The van der Waals surface area contributed by atoms with Crippen LogP contribution < -0.4 is 10.2 Å². The number of methoxy groups -OCH3 is 1. The number of nitrogens with zero attached hydrogens (tertiary/aromatic N) is 4. The van der Waals surface area contributed by atoms with Gasteiger partial charge in [0.05, 0.1) is 12.8 Å². The summed E-state index contributed by atoms with van der Waals surface area (Å²) in [5.41, 5.74) is 2.79. The molecule has 2 rings (SSSR count). The van der Waals surface area contributed by atoms with Crippen molar-refractivity contribution in [3.05, 3.63) is 34.6 Å². The zero-order valence-corrected chi connectivity index (χ0v) is 15.0. The maximum Gasteiger partial charge on any atom is 0.328 e. The predicted octanol–water partition coefficient (Wildman–Crippen LogP) is 2.88. The maximum absolute atomic E-state index is 12.2. The van der Waals surface area contributed by atoms with Gasteiger partial charge in [-0.05, 0) is 43.5 Å². The number of ether oxygens (including phenoxy) is 1. The summed E-state index contributed by atoms with van der Waals surface area (Å²) in [6.07, 6.45) is 0. The summed E-state index contributed by atoms with van der Waals surface area (Å²) in [5, 5.41) is 2.88. The first kappa shape index (κ1) is 17.9. The normalized spacial score (nSPS) is 11.8. The molecular weight excluding hydrogens is 330 g/mol. The molecule has 1 unspecified atom stereocenters. The molecule has 1 aromatic heterocycles. The van der Waals surface area contributed by atoms with E-state index in [1.165, 1.54) is 7.11 Å². The zero-order valence-electron chi connectivity index (χ0n) is 14.3. The molecule has 1 N–H and O–H groups in total. The van der Waals surface area contributed by atoms with Crippen molar-refractivity contribution < 1.29 is 9.53 Å². The van der Waals surface area contributed by atoms with E-state index >= 15 is 0 Å². The van der Waals surface area contributed by atoms with Crippen LogP contribution in [0.1, 0.15) is 18.1 Å². The minimum absolute atomic E-state index is 0.0395. The van der Waals surface area contributed by atoms with Gasteiger partial charge >= 0.3 is 5.97 Å². The van der Waals surface area contributed by atoms with Crippen LogP contribution in [0.5, 0.6) is 0 Å². The summed E-state index contributed by atoms with van der Waals surface area (Å²) < 4.78 is 4.90. The number of esters is 1. The molecule has 0 bridgehead atoms. The van der Waals surface area contributed by atoms with Gasteiger partial charge in [0, 0.05) is 7.05 Å². The largest absolute Gasteiger partial charge is 0.467 e. The van der Waals surface area contributed by atoms with E-state index in [1.807, 2.05) is 32.0 Å². The molecule has 24 heavy (non-hydrogen) atoms. The summed E-state index contributed by atoms with van der Waals surface area (Å²) in [5.74, 6) is 0.188. The standard InChI is InChI=1S/C16H20ClN5O2/c1-9-7-6-8-10(2)12(9)22(11(3)13(23)24-5)16-20-14(17)19-15(18-4)21-16/h6-8,11H,1-5H3,(H,18,19,20,21). The summed E-state index contributed by atoms with van der Waals surface area (Å²) in [4.78, 5) is 26.4. The molecule has 7 nitrogen and oxygen atoms in total. The Morgan fingerprint density at radius 3 is 2.42 bits per heavy atom. The van der Waals surface area contributed by atoms with E-state index in [-0.39, 0.29) is 11.2 Å². The third kappa shape index (κ3) is 3.56. The first-order valence-corrected chi connectivity index (χ1v) is 7.79. The number of rotatable bonds is 5. The fourth-order valence-corrected chi connectivity index (χ4v) is 2.64. The second kappa shape index (κ2) is 7.44. The van der Waals surface area contributed by atoms with Gasteiger partial charge in [0.15, 0.2) is 0 Å². The SMILES string of the molecule is CNc1nc(Cl)nc(N(c2c(C)cccc2C)C(C)C(=O)OC)n1. The van der Waals surface area contributed by atoms with Gasteiger partial charge in [0.1, 0.15) is 6.04 Å². The van der Waals surface area contributed by atoms with Gasteiger partial charge < -0.3 is 10.1 Å². The van der Waals surface area contributed by atoms with Gasteiger partial charge in [-0.2, -0.15) is 15.0 Å². The van der Waals surface area contributed by atoms with Gasteiger partial charge in [-0.1, -0.05) is 18.2 Å². The molecule has 1 atom stereocenters. The van der Waals surface area contributed by atoms with E-state index in [0.29, 0.717) is 5.95 Å². The van der Waals surface area contributed by atoms with Crippen molar-refractivity contribution >= 4 is 35.2 Å². The average molecular weight is 350 g/mol. The highest BCUT2D eigenvalue weighted by atomic mass is 35.5. The topological polar surface area (TPSA) is 80.2 Å². The van der Waals surface area contributed by atoms with E-state index in [2.05, 4.69) is 20.3 Å². The molecule has 1 heterocycles. The van der Waals surface area contributed by atoms with E-state index in [9.17, 15) is 4.79 Å².